The third-order valence-corrected chi connectivity index (χ3v) is 2.74. The Morgan fingerprint density at radius 2 is 2.18 bits per heavy atom. The van der Waals surface area contributed by atoms with Crippen LogP contribution in [0.25, 0.3) is 11.3 Å². The monoisotopic (exact) mass is 231 g/mol. The molecule has 0 bridgehead atoms. The van der Waals surface area contributed by atoms with Gasteiger partial charge in [-0.1, -0.05) is 0 Å². The Balaban J connectivity index is 2.29. The van der Waals surface area contributed by atoms with Crippen LogP contribution in [-0.4, -0.2) is 23.9 Å². The third-order valence-electron chi connectivity index (χ3n) is 2.74. The number of hydrogen-bond acceptors (Lipinski definition) is 3. The van der Waals surface area contributed by atoms with Gasteiger partial charge in [0, 0.05) is 17.7 Å². The molecule has 0 spiro atoms. The van der Waals surface area contributed by atoms with E-state index in [1.54, 1.807) is 7.11 Å². The third kappa shape index (κ3) is 2.47. The van der Waals surface area contributed by atoms with Gasteiger partial charge in [-0.15, -0.1) is 0 Å². The first-order chi connectivity index (χ1) is 8.24. The summed E-state index contributed by atoms with van der Waals surface area (Å²) in [6.07, 6.45) is 0.822. The quantitative estimate of drug-likeness (QED) is 0.844. The molecule has 0 aliphatic carbocycles. The molecule has 1 aromatic heterocycles. The van der Waals surface area contributed by atoms with Crippen molar-refractivity contribution in [1.82, 2.24) is 10.2 Å². The number of hydrogen-bond donors (Lipinski definition) is 2. The van der Waals surface area contributed by atoms with E-state index in [0.717, 1.165) is 34.7 Å². The lowest BCUT2D eigenvalue weighted by molar-refractivity contribution is 0.412. The predicted molar refractivity (Wildman–Crippen MR) is 68.1 cm³/mol. The minimum absolute atomic E-state index is 0.628. The molecule has 0 aliphatic rings. The van der Waals surface area contributed by atoms with Crippen LogP contribution < -0.4 is 10.5 Å². The molecular weight excluding hydrogens is 214 g/mol. The van der Waals surface area contributed by atoms with Crippen LogP contribution in [0.4, 0.5) is 0 Å². The first-order valence-electron chi connectivity index (χ1n) is 5.64. The zero-order valence-corrected chi connectivity index (χ0v) is 10.2. The molecule has 17 heavy (non-hydrogen) atoms. The van der Waals surface area contributed by atoms with Gasteiger partial charge in [0.15, 0.2) is 0 Å². The highest BCUT2D eigenvalue weighted by atomic mass is 16.5. The number of methoxy groups -OCH3 is 1. The van der Waals surface area contributed by atoms with Gasteiger partial charge in [-0.2, -0.15) is 5.10 Å². The summed E-state index contributed by atoms with van der Waals surface area (Å²) in [4.78, 5) is 0. The molecule has 3 N–H and O–H groups in total. The highest BCUT2D eigenvalue weighted by molar-refractivity contribution is 5.62. The number of nitrogens with two attached hydrogens (primary N) is 1. The average Bonchev–Trinajstić information content (AvgIpc) is 2.78. The van der Waals surface area contributed by atoms with Crippen LogP contribution in [0.3, 0.4) is 0 Å². The fourth-order valence-corrected chi connectivity index (χ4v) is 1.83. The summed E-state index contributed by atoms with van der Waals surface area (Å²) in [5, 5.41) is 7.27. The molecule has 2 rings (SSSR count). The van der Waals surface area contributed by atoms with Crippen molar-refractivity contribution in [3.63, 3.8) is 0 Å². The van der Waals surface area contributed by atoms with E-state index in [9.17, 15) is 0 Å². The number of aryl methyl sites for hydroxylation is 1. The van der Waals surface area contributed by atoms with Crippen molar-refractivity contribution >= 4 is 0 Å². The normalized spacial score (nSPS) is 10.5. The number of ether oxygens (including phenoxy) is 1. The van der Waals surface area contributed by atoms with E-state index in [2.05, 4.69) is 16.3 Å². The van der Waals surface area contributed by atoms with Crippen LogP contribution in [-0.2, 0) is 6.42 Å². The number of H-pyrrole nitrogens is 1. The molecule has 90 valence electrons. The molecule has 1 aromatic carbocycles. The molecule has 0 atom stereocenters. The SMILES string of the molecule is COc1ccc(-c2cc(CCN)[nH]n2)cc1C. The molecular formula is C13H17N3O. The Hall–Kier alpha value is -1.81. The van der Waals surface area contributed by atoms with Crippen molar-refractivity contribution in [1.29, 1.82) is 0 Å². The molecule has 4 nitrogen and oxygen atoms in total. The maximum atomic E-state index is 5.51. The number of nitrogens with zero attached hydrogens (tertiary/aromatic N) is 1. The van der Waals surface area contributed by atoms with Gasteiger partial charge in [0.25, 0.3) is 0 Å². The van der Waals surface area contributed by atoms with E-state index in [1.807, 2.05) is 25.1 Å². The van der Waals surface area contributed by atoms with Gasteiger partial charge in [-0.25, -0.2) is 0 Å². The first-order valence-corrected chi connectivity index (χ1v) is 5.64. The lowest BCUT2D eigenvalue weighted by Gasteiger charge is -2.05. The number of rotatable bonds is 4. The summed E-state index contributed by atoms with van der Waals surface area (Å²) in [5.41, 5.74) is 9.71. The van der Waals surface area contributed by atoms with E-state index in [0.29, 0.717) is 6.54 Å². The maximum absolute atomic E-state index is 5.51. The van der Waals surface area contributed by atoms with Crippen LogP contribution in [0.2, 0.25) is 0 Å². The van der Waals surface area contributed by atoms with Crippen molar-refractivity contribution in [2.24, 2.45) is 5.73 Å². The Morgan fingerprint density at radius 1 is 1.35 bits per heavy atom. The Labute approximate surface area is 101 Å². The molecule has 1 heterocycles. The molecule has 0 unspecified atom stereocenters. The number of nitrogens with one attached hydrogen (secondary N) is 1. The molecule has 0 saturated carbocycles. The minimum atomic E-state index is 0.628. The van der Waals surface area contributed by atoms with E-state index in [1.165, 1.54) is 0 Å². The zero-order chi connectivity index (χ0) is 12.3. The summed E-state index contributed by atoms with van der Waals surface area (Å²) >= 11 is 0. The summed E-state index contributed by atoms with van der Waals surface area (Å²) in [7, 11) is 1.68. The van der Waals surface area contributed by atoms with Crippen LogP contribution in [0.15, 0.2) is 24.3 Å². The lowest BCUT2D eigenvalue weighted by atomic mass is 10.1. The molecule has 0 saturated heterocycles. The smallest absolute Gasteiger partial charge is 0.121 e. The van der Waals surface area contributed by atoms with E-state index in [-0.39, 0.29) is 0 Å². The topological polar surface area (TPSA) is 63.9 Å². The van der Waals surface area contributed by atoms with Crippen molar-refractivity contribution < 1.29 is 4.74 Å². The van der Waals surface area contributed by atoms with E-state index >= 15 is 0 Å². The van der Waals surface area contributed by atoms with Crippen molar-refractivity contribution in [3.05, 3.63) is 35.5 Å². The van der Waals surface area contributed by atoms with Gasteiger partial charge < -0.3 is 10.5 Å². The number of aromatic nitrogens is 2. The van der Waals surface area contributed by atoms with Crippen LogP contribution >= 0.6 is 0 Å². The summed E-state index contributed by atoms with van der Waals surface area (Å²) in [5.74, 6) is 0.895. The summed E-state index contributed by atoms with van der Waals surface area (Å²) < 4.78 is 5.23. The van der Waals surface area contributed by atoms with Crippen LogP contribution in [0.1, 0.15) is 11.3 Å². The molecule has 0 fully saturated rings. The van der Waals surface area contributed by atoms with Gasteiger partial charge in [0.2, 0.25) is 0 Å². The van der Waals surface area contributed by atoms with Crippen molar-refractivity contribution in [2.45, 2.75) is 13.3 Å². The minimum Gasteiger partial charge on any atom is -0.496 e. The molecule has 4 heteroatoms. The molecule has 0 radical (unpaired) electrons. The average molecular weight is 231 g/mol. The van der Waals surface area contributed by atoms with Crippen molar-refractivity contribution in [3.8, 4) is 17.0 Å². The van der Waals surface area contributed by atoms with Gasteiger partial charge in [-0.3, -0.25) is 5.10 Å². The fourth-order valence-electron chi connectivity index (χ4n) is 1.83. The highest BCUT2D eigenvalue weighted by Crippen LogP contribution is 2.25. The number of aromatic amines is 1. The summed E-state index contributed by atoms with van der Waals surface area (Å²) in [6, 6.07) is 8.07. The van der Waals surface area contributed by atoms with Gasteiger partial charge >= 0.3 is 0 Å². The zero-order valence-electron chi connectivity index (χ0n) is 10.2. The van der Waals surface area contributed by atoms with E-state index in [4.69, 9.17) is 10.5 Å². The first kappa shape index (κ1) is 11.7. The van der Waals surface area contributed by atoms with Crippen molar-refractivity contribution in [2.75, 3.05) is 13.7 Å². The molecule has 0 amide bonds. The largest absolute Gasteiger partial charge is 0.496 e. The van der Waals surface area contributed by atoms with Crippen LogP contribution in [0, 0.1) is 6.92 Å². The second kappa shape index (κ2) is 5.01. The Bertz CT molecular complexity index is 505. The standard InChI is InChI=1S/C13H17N3O/c1-9-7-10(3-4-13(9)17-2)12-8-11(5-6-14)15-16-12/h3-4,7-8H,5-6,14H2,1-2H3,(H,15,16). The predicted octanol–water partition coefficient (Wildman–Crippen LogP) is 1.89. The van der Waals surface area contributed by atoms with Gasteiger partial charge in [-0.05, 0) is 43.3 Å². The second-order valence-electron chi connectivity index (χ2n) is 4.00. The maximum Gasteiger partial charge on any atom is 0.121 e. The van der Waals surface area contributed by atoms with Crippen LogP contribution in [0.5, 0.6) is 5.75 Å². The Morgan fingerprint density at radius 3 is 2.82 bits per heavy atom. The van der Waals surface area contributed by atoms with E-state index < -0.39 is 0 Å². The molecule has 2 aromatic rings. The summed E-state index contributed by atoms with van der Waals surface area (Å²) in [6.45, 7) is 2.65. The fraction of sp³-hybridized carbons (Fsp3) is 0.308. The lowest BCUT2D eigenvalue weighted by Crippen LogP contribution is -2.02. The second-order valence-corrected chi connectivity index (χ2v) is 4.00. The number of benzene rings is 1. The van der Waals surface area contributed by atoms with Gasteiger partial charge in [0.05, 0.1) is 12.8 Å². The molecule has 0 aliphatic heterocycles. The van der Waals surface area contributed by atoms with Gasteiger partial charge in [0.1, 0.15) is 5.75 Å². The highest BCUT2D eigenvalue weighted by Gasteiger charge is 2.06. The Kier molecular flexibility index (Phi) is 3.44.